The summed E-state index contributed by atoms with van der Waals surface area (Å²) in [5.74, 6) is -0.124. The van der Waals surface area contributed by atoms with E-state index in [1.165, 1.54) is 0 Å². The third-order valence-electron chi connectivity index (χ3n) is 8.56. The van der Waals surface area contributed by atoms with E-state index in [0.717, 1.165) is 55.3 Å². The van der Waals surface area contributed by atoms with Crippen molar-refractivity contribution < 1.29 is 29.3 Å². The molecule has 2 saturated heterocycles. The number of nitrogen functional groups attached to an aromatic ring is 1. The van der Waals surface area contributed by atoms with Gasteiger partial charge in [0.05, 0.1) is 36.3 Å². The van der Waals surface area contributed by atoms with Crippen molar-refractivity contribution in [3.05, 3.63) is 89.5 Å². The van der Waals surface area contributed by atoms with Crippen LogP contribution in [-0.4, -0.2) is 58.8 Å². The zero-order chi connectivity index (χ0) is 32.3. The number of carbonyl (C=O) groups is 2. The molecule has 246 valence electrons. The Morgan fingerprint density at radius 1 is 0.870 bits per heavy atom. The Hall–Kier alpha value is -3.80. The van der Waals surface area contributed by atoms with Crippen LogP contribution < -0.4 is 16.4 Å². The van der Waals surface area contributed by atoms with E-state index in [-0.39, 0.29) is 36.7 Å². The molecule has 2 amide bonds. The van der Waals surface area contributed by atoms with E-state index in [2.05, 4.69) is 15.5 Å². The van der Waals surface area contributed by atoms with E-state index in [1.807, 2.05) is 60.7 Å². The van der Waals surface area contributed by atoms with Crippen molar-refractivity contribution in [2.45, 2.75) is 82.6 Å². The summed E-state index contributed by atoms with van der Waals surface area (Å²) in [5, 5.41) is 25.3. The van der Waals surface area contributed by atoms with Crippen molar-refractivity contribution >= 4 is 28.9 Å². The summed E-state index contributed by atoms with van der Waals surface area (Å²) in [6, 6.07) is 22.6. The van der Waals surface area contributed by atoms with Gasteiger partial charge in [0.25, 0.3) is 0 Å². The summed E-state index contributed by atoms with van der Waals surface area (Å²) in [7, 11) is 0. The lowest BCUT2D eigenvalue weighted by molar-refractivity contribution is -0.252. The van der Waals surface area contributed by atoms with Gasteiger partial charge in [-0.15, -0.1) is 0 Å². The summed E-state index contributed by atoms with van der Waals surface area (Å²) < 4.78 is 12.9. The van der Waals surface area contributed by atoms with Gasteiger partial charge in [0.15, 0.2) is 6.29 Å². The molecule has 4 unspecified atom stereocenters. The minimum absolute atomic E-state index is 0.0138. The maximum atomic E-state index is 12.7. The van der Waals surface area contributed by atoms with Gasteiger partial charge in [-0.1, -0.05) is 61.4 Å². The first-order valence-electron chi connectivity index (χ1n) is 16.3. The molecule has 0 radical (unpaired) electrons. The number of rotatable bonds is 14. The highest BCUT2D eigenvalue weighted by molar-refractivity contribution is 5.93. The highest BCUT2D eigenvalue weighted by atomic mass is 16.7. The number of ether oxygens (including phenoxy) is 2. The lowest BCUT2D eigenvalue weighted by Gasteiger charge is -2.38. The molecule has 2 aliphatic rings. The molecule has 5 rings (SSSR count). The molecule has 6 N–H and O–H groups in total. The molecule has 0 spiro atoms. The first-order chi connectivity index (χ1) is 22.4. The second kappa shape index (κ2) is 16.7. The second-order valence-corrected chi connectivity index (χ2v) is 12.3. The Morgan fingerprint density at radius 3 is 2.30 bits per heavy atom. The fourth-order valence-corrected chi connectivity index (χ4v) is 6.03. The average molecular weight is 631 g/mol. The third kappa shape index (κ3) is 9.85. The highest BCUT2D eigenvalue weighted by Crippen LogP contribution is 2.39. The quantitative estimate of drug-likeness (QED) is 0.119. The van der Waals surface area contributed by atoms with Crippen LogP contribution in [0.4, 0.5) is 17.1 Å². The van der Waals surface area contributed by atoms with Gasteiger partial charge in [-0.2, -0.15) is 0 Å². The van der Waals surface area contributed by atoms with Gasteiger partial charge in [0.2, 0.25) is 11.8 Å². The van der Waals surface area contributed by atoms with Gasteiger partial charge in [-0.3, -0.25) is 14.5 Å². The summed E-state index contributed by atoms with van der Waals surface area (Å²) in [6.07, 6.45) is 4.20. The standard InChI is InChI=1S/C36H46N4O6/c37-31-10-5-6-11-32(31)39-35(44)13-4-2-1-3-12-34(43)38-28-9-7-8-27(20-28)36-45-30(23-40-19-18-29(42)22-40)21-33(46-36)26-16-14-25(24-41)15-17-26/h5-11,14-17,20,29-30,33,36,41-42H,1-4,12-13,18-19,21-24,37H2,(H,38,43)(H,39,44). The predicted molar refractivity (Wildman–Crippen MR) is 178 cm³/mol. The number of hydrogen-bond acceptors (Lipinski definition) is 8. The summed E-state index contributed by atoms with van der Waals surface area (Å²) in [6.45, 7) is 2.16. The molecule has 46 heavy (non-hydrogen) atoms. The molecule has 2 fully saturated rings. The Bertz CT molecular complexity index is 1430. The van der Waals surface area contributed by atoms with Gasteiger partial charge < -0.3 is 36.1 Å². The van der Waals surface area contributed by atoms with Crippen LogP contribution in [0.25, 0.3) is 0 Å². The van der Waals surface area contributed by atoms with E-state index >= 15 is 0 Å². The molecule has 4 atom stereocenters. The number of β-amino-alcohol motifs (C(OH)–C–C–N with tert-alkyl or cyclic N) is 1. The number of benzene rings is 3. The van der Waals surface area contributed by atoms with Crippen LogP contribution in [0.2, 0.25) is 0 Å². The number of nitrogens with two attached hydrogens (primary N) is 1. The van der Waals surface area contributed by atoms with Crippen LogP contribution in [0.5, 0.6) is 0 Å². The van der Waals surface area contributed by atoms with E-state index in [0.29, 0.717) is 49.4 Å². The number of nitrogens with one attached hydrogen (secondary N) is 2. The Labute approximate surface area is 270 Å². The van der Waals surface area contributed by atoms with Gasteiger partial charge in [0, 0.05) is 50.1 Å². The van der Waals surface area contributed by atoms with Crippen molar-refractivity contribution in [3.8, 4) is 0 Å². The molecule has 2 heterocycles. The smallest absolute Gasteiger partial charge is 0.224 e. The van der Waals surface area contributed by atoms with Crippen LogP contribution in [-0.2, 0) is 25.7 Å². The van der Waals surface area contributed by atoms with Crippen LogP contribution in [0.1, 0.15) is 80.5 Å². The number of nitrogens with zero attached hydrogens (tertiary/aromatic N) is 1. The van der Waals surface area contributed by atoms with Gasteiger partial charge in [-0.25, -0.2) is 0 Å². The Morgan fingerprint density at radius 2 is 1.61 bits per heavy atom. The largest absolute Gasteiger partial charge is 0.397 e. The molecule has 10 heteroatoms. The zero-order valence-electron chi connectivity index (χ0n) is 26.3. The summed E-state index contributed by atoms with van der Waals surface area (Å²) >= 11 is 0. The SMILES string of the molecule is Nc1ccccc1NC(=O)CCCCCCC(=O)Nc1cccc(C2OC(CN3CCC(O)C3)CC(c3ccc(CO)cc3)O2)c1. The normalized spacial score (nSPS) is 21.6. The molecule has 3 aromatic carbocycles. The maximum absolute atomic E-state index is 12.7. The highest BCUT2D eigenvalue weighted by Gasteiger charge is 2.34. The first-order valence-corrected chi connectivity index (χ1v) is 16.3. The number of amides is 2. The van der Waals surface area contributed by atoms with Crippen molar-refractivity contribution in [1.29, 1.82) is 0 Å². The number of anilines is 3. The molecule has 3 aromatic rings. The summed E-state index contributed by atoms with van der Waals surface area (Å²) in [4.78, 5) is 27.2. The fourth-order valence-electron chi connectivity index (χ4n) is 6.03. The molecular weight excluding hydrogens is 584 g/mol. The van der Waals surface area contributed by atoms with Crippen molar-refractivity contribution in [3.63, 3.8) is 0 Å². The predicted octanol–water partition coefficient (Wildman–Crippen LogP) is 5.29. The van der Waals surface area contributed by atoms with Crippen LogP contribution in [0.3, 0.4) is 0 Å². The van der Waals surface area contributed by atoms with Gasteiger partial charge in [-0.05, 0) is 54.7 Å². The van der Waals surface area contributed by atoms with Crippen molar-refractivity contribution in [2.75, 3.05) is 36.0 Å². The summed E-state index contributed by atoms with van der Waals surface area (Å²) in [5.41, 5.74) is 10.4. The lowest BCUT2D eigenvalue weighted by atomic mass is 9.99. The number of hydrogen-bond donors (Lipinski definition) is 5. The number of para-hydroxylation sites is 2. The Balaban J connectivity index is 1.10. The fraction of sp³-hybridized carbons (Fsp3) is 0.444. The Kier molecular flexibility index (Phi) is 12.2. The topological polar surface area (TPSA) is 146 Å². The number of likely N-dealkylation sites (tertiary alicyclic amines) is 1. The number of aliphatic hydroxyl groups excluding tert-OH is 2. The van der Waals surface area contributed by atoms with Crippen molar-refractivity contribution in [1.82, 2.24) is 4.90 Å². The van der Waals surface area contributed by atoms with Gasteiger partial charge in [0.1, 0.15) is 0 Å². The number of unbranched alkanes of at least 4 members (excludes halogenated alkanes) is 3. The number of aliphatic hydroxyl groups is 2. The van der Waals surface area contributed by atoms with Crippen molar-refractivity contribution in [2.24, 2.45) is 0 Å². The minimum Gasteiger partial charge on any atom is -0.397 e. The maximum Gasteiger partial charge on any atom is 0.224 e. The first kappa shape index (κ1) is 33.6. The molecule has 0 saturated carbocycles. The van der Waals surface area contributed by atoms with Crippen LogP contribution in [0, 0.1) is 0 Å². The van der Waals surface area contributed by atoms with E-state index in [4.69, 9.17) is 15.2 Å². The molecule has 2 aliphatic heterocycles. The number of carbonyl (C=O) groups excluding carboxylic acids is 2. The monoisotopic (exact) mass is 630 g/mol. The minimum atomic E-state index is -0.624. The zero-order valence-corrected chi connectivity index (χ0v) is 26.3. The van der Waals surface area contributed by atoms with E-state index in [1.54, 1.807) is 12.1 Å². The molecule has 0 aromatic heterocycles. The van der Waals surface area contributed by atoms with Crippen LogP contribution in [0.15, 0.2) is 72.8 Å². The molecule has 10 nitrogen and oxygen atoms in total. The van der Waals surface area contributed by atoms with Crippen LogP contribution >= 0.6 is 0 Å². The molecular formula is C36H46N4O6. The lowest BCUT2D eigenvalue weighted by Crippen LogP contribution is -2.38. The molecule has 0 aliphatic carbocycles. The van der Waals surface area contributed by atoms with E-state index in [9.17, 15) is 19.8 Å². The van der Waals surface area contributed by atoms with Gasteiger partial charge >= 0.3 is 0 Å². The molecule has 0 bridgehead atoms. The van der Waals surface area contributed by atoms with E-state index < -0.39 is 6.29 Å². The second-order valence-electron chi connectivity index (χ2n) is 12.3. The third-order valence-corrected chi connectivity index (χ3v) is 8.56. The average Bonchev–Trinajstić information content (AvgIpc) is 3.47.